The van der Waals surface area contributed by atoms with Gasteiger partial charge in [-0.3, -0.25) is 4.79 Å². The first-order chi connectivity index (χ1) is 14.9. The molecule has 31 heavy (non-hydrogen) atoms. The number of aryl methyl sites for hydroxylation is 1. The van der Waals surface area contributed by atoms with Gasteiger partial charge in [0.1, 0.15) is 5.75 Å². The maximum Gasteiger partial charge on any atom is 0.343 e. The fraction of sp³-hybridized carbons (Fsp3) is 0.0870. The van der Waals surface area contributed by atoms with Gasteiger partial charge >= 0.3 is 5.97 Å². The molecule has 0 aliphatic rings. The Morgan fingerprint density at radius 3 is 2.48 bits per heavy atom. The maximum atomic E-state index is 12.4. The predicted molar refractivity (Wildman–Crippen MR) is 129 cm³/mol. The molecule has 1 amide bonds. The number of rotatable bonds is 7. The summed E-state index contributed by atoms with van der Waals surface area (Å²) in [6, 6.07) is 19.7. The summed E-state index contributed by atoms with van der Waals surface area (Å²) in [5.74, 6) is -0.468. The molecule has 0 bridgehead atoms. The van der Waals surface area contributed by atoms with Gasteiger partial charge in [0.2, 0.25) is 0 Å². The second-order valence-electron chi connectivity index (χ2n) is 6.59. The van der Waals surface area contributed by atoms with E-state index >= 15 is 0 Å². The van der Waals surface area contributed by atoms with Gasteiger partial charge in [0.05, 0.1) is 18.3 Å². The van der Waals surface area contributed by atoms with Gasteiger partial charge in [0.25, 0.3) is 5.91 Å². The molecule has 0 aromatic heterocycles. The van der Waals surface area contributed by atoms with Gasteiger partial charge in [-0.2, -0.15) is 5.10 Å². The van der Waals surface area contributed by atoms with E-state index in [0.717, 1.165) is 20.2 Å². The van der Waals surface area contributed by atoms with Crippen molar-refractivity contribution in [3.8, 4) is 5.75 Å². The van der Waals surface area contributed by atoms with Crippen molar-refractivity contribution in [1.82, 2.24) is 5.43 Å². The SMILES string of the molecule is Cc1cccc(NCC(=O)NN=Cc2cc(Br)ccc2OC(=O)c2ccc(Br)cc2)c1. The van der Waals surface area contributed by atoms with Crippen LogP contribution >= 0.6 is 31.9 Å². The number of nitrogens with one attached hydrogen (secondary N) is 2. The summed E-state index contributed by atoms with van der Waals surface area (Å²) in [6.45, 7) is 2.05. The van der Waals surface area contributed by atoms with Crippen molar-refractivity contribution >= 4 is 55.6 Å². The minimum atomic E-state index is -0.490. The first-order valence-corrected chi connectivity index (χ1v) is 10.9. The van der Waals surface area contributed by atoms with E-state index in [0.29, 0.717) is 16.9 Å². The van der Waals surface area contributed by atoms with Crippen LogP contribution in [0.2, 0.25) is 0 Å². The minimum absolute atomic E-state index is 0.0741. The number of esters is 1. The number of ether oxygens (including phenoxy) is 1. The Bertz CT molecular complexity index is 1120. The van der Waals surface area contributed by atoms with Crippen LogP contribution in [0.4, 0.5) is 5.69 Å². The van der Waals surface area contributed by atoms with Crippen LogP contribution in [0.15, 0.2) is 80.8 Å². The van der Waals surface area contributed by atoms with Crippen LogP contribution in [-0.2, 0) is 4.79 Å². The summed E-state index contributed by atoms with van der Waals surface area (Å²) in [5.41, 5.74) is 5.37. The lowest BCUT2D eigenvalue weighted by atomic mass is 10.2. The molecule has 0 saturated heterocycles. The third-order valence-electron chi connectivity index (χ3n) is 4.12. The van der Waals surface area contributed by atoms with Crippen LogP contribution < -0.4 is 15.5 Å². The molecule has 3 aromatic carbocycles. The Hall–Kier alpha value is -2.97. The minimum Gasteiger partial charge on any atom is -0.422 e. The monoisotopic (exact) mass is 543 g/mol. The number of anilines is 1. The lowest BCUT2D eigenvalue weighted by Crippen LogP contribution is -2.25. The Morgan fingerprint density at radius 2 is 1.74 bits per heavy atom. The molecule has 8 heteroatoms. The number of carbonyl (C=O) groups excluding carboxylic acids is 2. The number of carbonyl (C=O) groups is 2. The number of hydrogen-bond donors (Lipinski definition) is 2. The number of nitrogens with zero attached hydrogens (tertiary/aromatic N) is 1. The normalized spacial score (nSPS) is 10.7. The number of hydrogen-bond acceptors (Lipinski definition) is 5. The molecule has 3 aromatic rings. The van der Waals surface area contributed by atoms with E-state index in [1.54, 1.807) is 42.5 Å². The summed E-state index contributed by atoms with van der Waals surface area (Å²) in [7, 11) is 0. The highest BCUT2D eigenvalue weighted by Crippen LogP contribution is 2.23. The highest BCUT2D eigenvalue weighted by molar-refractivity contribution is 9.10. The lowest BCUT2D eigenvalue weighted by Gasteiger charge is -2.08. The van der Waals surface area contributed by atoms with Crippen LogP contribution in [-0.4, -0.2) is 24.6 Å². The van der Waals surface area contributed by atoms with Gasteiger partial charge in [-0.1, -0.05) is 44.0 Å². The molecule has 0 aliphatic carbocycles. The molecule has 0 heterocycles. The molecule has 158 valence electrons. The van der Waals surface area contributed by atoms with Gasteiger partial charge < -0.3 is 10.1 Å². The predicted octanol–water partition coefficient (Wildman–Crippen LogP) is 5.30. The molecular formula is C23H19Br2N3O3. The van der Waals surface area contributed by atoms with Gasteiger partial charge in [0, 0.05) is 20.2 Å². The Labute approximate surface area is 197 Å². The number of halogens is 2. The standard InChI is InChI=1S/C23H19Br2N3O3/c1-15-3-2-4-20(11-15)26-14-22(29)28-27-13-17-12-19(25)9-10-21(17)31-23(30)16-5-7-18(24)8-6-16/h2-13,26H,14H2,1H3,(H,28,29). The number of amides is 1. The second-order valence-corrected chi connectivity index (χ2v) is 8.43. The second kappa shape index (κ2) is 10.9. The largest absolute Gasteiger partial charge is 0.422 e. The first kappa shape index (κ1) is 22.7. The fourth-order valence-corrected chi connectivity index (χ4v) is 3.25. The summed E-state index contributed by atoms with van der Waals surface area (Å²) in [4.78, 5) is 24.5. The zero-order chi connectivity index (χ0) is 22.2. The summed E-state index contributed by atoms with van der Waals surface area (Å²) in [5, 5.41) is 7.02. The molecule has 3 rings (SSSR count). The van der Waals surface area contributed by atoms with E-state index in [-0.39, 0.29) is 12.5 Å². The zero-order valence-corrected chi connectivity index (χ0v) is 19.7. The van der Waals surface area contributed by atoms with E-state index in [1.165, 1.54) is 6.21 Å². The highest BCUT2D eigenvalue weighted by atomic mass is 79.9. The van der Waals surface area contributed by atoms with Gasteiger partial charge in [-0.05, 0) is 67.1 Å². The average molecular weight is 545 g/mol. The average Bonchev–Trinajstić information content (AvgIpc) is 2.74. The molecule has 0 spiro atoms. The number of benzene rings is 3. The van der Waals surface area contributed by atoms with Crippen molar-refractivity contribution in [2.45, 2.75) is 6.92 Å². The van der Waals surface area contributed by atoms with Crippen molar-refractivity contribution in [1.29, 1.82) is 0 Å². The van der Waals surface area contributed by atoms with Crippen LogP contribution in [0, 0.1) is 6.92 Å². The summed E-state index contributed by atoms with van der Waals surface area (Å²) in [6.07, 6.45) is 1.43. The van der Waals surface area contributed by atoms with Crippen molar-refractivity contribution < 1.29 is 14.3 Å². The molecule has 2 N–H and O–H groups in total. The van der Waals surface area contributed by atoms with Crippen LogP contribution in [0.25, 0.3) is 0 Å². The van der Waals surface area contributed by atoms with Crippen LogP contribution in [0.5, 0.6) is 5.75 Å². The van der Waals surface area contributed by atoms with Crippen LogP contribution in [0.1, 0.15) is 21.5 Å². The van der Waals surface area contributed by atoms with E-state index < -0.39 is 5.97 Å². The molecule has 0 fully saturated rings. The quantitative estimate of drug-likeness (QED) is 0.183. The van der Waals surface area contributed by atoms with Gasteiger partial charge in [-0.25, -0.2) is 10.2 Å². The van der Waals surface area contributed by atoms with Crippen molar-refractivity contribution in [2.24, 2.45) is 5.10 Å². The summed E-state index contributed by atoms with van der Waals surface area (Å²) < 4.78 is 7.16. The molecule has 0 atom stereocenters. The molecule has 0 unspecified atom stereocenters. The van der Waals surface area contributed by atoms with E-state index in [1.807, 2.05) is 31.2 Å². The Kier molecular flexibility index (Phi) is 7.97. The van der Waals surface area contributed by atoms with Crippen molar-refractivity contribution in [2.75, 3.05) is 11.9 Å². The molecule has 0 aliphatic heterocycles. The van der Waals surface area contributed by atoms with Gasteiger partial charge in [0.15, 0.2) is 0 Å². The van der Waals surface area contributed by atoms with E-state index in [9.17, 15) is 9.59 Å². The molecule has 6 nitrogen and oxygen atoms in total. The number of hydrazone groups is 1. The van der Waals surface area contributed by atoms with Gasteiger partial charge in [-0.15, -0.1) is 0 Å². The van der Waals surface area contributed by atoms with Crippen molar-refractivity contribution in [3.05, 3.63) is 92.4 Å². The molecular weight excluding hydrogens is 526 g/mol. The van der Waals surface area contributed by atoms with E-state index in [2.05, 4.69) is 47.7 Å². The third-order valence-corrected chi connectivity index (χ3v) is 5.14. The highest BCUT2D eigenvalue weighted by Gasteiger charge is 2.11. The van der Waals surface area contributed by atoms with E-state index in [4.69, 9.17) is 4.74 Å². The lowest BCUT2D eigenvalue weighted by molar-refractivity contribution is -0.119. The first-order valence-electron chi connectivity index (χ1n) is 9.30. The Morgan fingerprint density at radius 1 is 1.00 bits per heavy atom. The van der Waals surface area contributed by atoms with Crippen molar-refractivity contribution in [3.63, 3.8) is 0 Å². The van der Waals surface area contributed by atoms with Crippen LogP contribution in [0.3, 0.4) is 0 Å². The maximum absolute atomic E-state index is 12.4. The topological polar surface area (TPSA) is 79.8 Å². The molecule has 0 radical (unpaired) electrons. The smallest absolute Gasteiger partial charge is 0.343 e. The molecule has 0 saturated carbocycles. The summed E-state index contributed by atoms with van der Waals surface area (Å²) >= 11 is 6.72. The third kappa shape index (κ3) is 7.04. The fourth-order valence-electron chi connectivity index (χ4n) is 2.61. The zero-order valence-electron chi connectivity index (χ0n) is 16.6. The Balaban J connectivity index is 1.61.